The molecule has 0 aliphatic carbocycles. The molecule has 0 heterocycles. The summed E-state index contributed by atoms with van der Waals surface area (Å²) < 4.78 is 29.7. The lowest BCUT2D eigenvalue weighted by atomic mass is 10.1. The number of hydrogen-bond donors (Lipinski definition) is 5. The molecule has 180 valence electrons. The molecule has 1 unspecified atom stereocenters. The lowest BCUT2D eigenvalue weighted by Crippen LogP contribution is -2.28. The molecule has 0 aromatic heterocycles. The summed E-state index contributed by atoms with van der Waals surface area (Å²) in [7, 11) is -8.74. The summed E-state index contributed by atoms with van der Waals surface area (Å²) in [5, 5.41) is 13.5. The lowest BCUT2D eigenvalue weighted by molar-refractivity contribution is 0.279. The fourth-order valence-corrected chi connectivity index (χ4v) is 5.24. The number of phenols is 1. The molecular weight excluding hydrogens is 511 g/mol. The normalized spacial score (nSPS) is 12.8. The second-order valence-electron chi connectivity index (χ2n) is 7.06. The summed E-state index contributed by atoms with van der Waals surface area (Å²) in [5.74, 6) is 0.669. The van der Waals surface area contributed by atoms with Crippen molar-refractivity contribution < 1.29 is 38.3 Å². The highest BCUT2D eigenvalue weighted by atomic mass is 32.4. The van der Waals surface area contributed by atoms with Gasteiger partial charge in [0.15, 0.2) is 5.75 Å². The fourth-order valence-electron chi connectivity index (χ4n) is 2.61. The molecule has 0 saturated heterocycles. The van der Waals surface area contributed by atoms with Crippen molar-refractivity contribution in [3.05, 3.63) is 59.7 Å². The molecule has 0 aliphatic heterocycles. The first-order valence-corrected chi connectivity index (χ1v) is 15.3. The zero-order valence-corrected chi connectivity index (χ0v) is 21.1. The van der Waals surface area contributed by atoms with Gasteiger partial charge in [0.1, 0.15) is 18.3 Å². The van der Waals surface area contributed by atoms with Crippen LogP contribution in [0.1, 0.15) is 11.1 Å². The Morgan fingerprint density at radius 3 is 2.06 bits per heavy atom. The number of phenolic OH excluding ortho intramolecular Hbond substituents is 1. The van der Waals surface area contributed by atoms with E-state index < -0.39 is 34.8 Å². The van der Waals surface area contributed by atoms with Crippen molar-refractivity contribution in [2.45, 2.75) is 6.42 Å². The number of nitrogens with zero attached hydrogens (tertiary/aromatic N) is 3. The molecule has 0 fully saturated rings. The maximum absolute atomic E-state index is 11.2. The second kappa shape index (κ2) is 12.1. The summed E-state index contributed by atoms with van der Waals surface area (Å²) in [6, 6.07) is 13.4. The average Bonchev–Trinajstić information content (AvgIpc) is 2.70. The highest BCUT2D eigenvalue weighted by Crippen LogP contribution is 2.40. The van der Waals surface area contributed by atoms with Gasteiger partial charge in [-0.05, 0) is 53.9 Å². The van der Waals surface area contributed by atoms with Crippen LogP contribution >= 0.6 is 22.3 Å². The Morgan fingerprint density at radius 1 is 1.00 bits per heavy atom. The van der Waals surface area contributed by atoms with Gasteiger partial charge in [-0.1, -0.05) is 16.9 Å². The van der Waals surface area contributed by atoms with E-state index in [9.17, 15) is 14.2 Å². The average molecular weight is 536 g/mol. The Kier molecular flexibility index (Phi) is 10.1. The van der Waals surface area contributed by atoms with Crippen LogP contribution < -0.4 is 4.52 Å². The van der Waals surface area contributed by atoms with Crippen molar-refractivity contribution in [1.82, 2.24) is 9.68 Å². The van der Waals surface area contributed by atoms with E-state index in [-0.39, 0.29) is 12.3 Å². The van der Waals surface area contributed by atoms with Crippen LogP contribution in [0.4, 0.5) is 0 Å². The van der Waals surface area contributed by atoms with Crippen LogP contribution in [0.2, 0.25) is 0 Å². The predicted octanol–water partition coefficient (Wildman–Crippen LogP) is 2.63. The molecule has 0 radical (unpaired) electrons. The van der Waals surface area contributed by atoms with E-state index in [1.807, 2.05) is 0 Å². The SMILES string of the molecule is CN(/N=C\c1ccc(O)cc1)[P+](=S)Oc1ccc(CCN(CP(=O)(O)O)CP(=O)(O)O)cc1. The fraction of sp³-hybridized carbons (Fsp3) is 0.278. The molecule has 0 aliphatic rings. The Hall–Kier alpha value is -1.71. The van der Waals surface area contributed by atoms with E-state index in [0.717, 1.165) is 16.0 Å². The molecule has 1 atom stereocenters. The quantitative estimate of drug-likeness (QED) is 0.154. The largest absolute Gasteiger partial charge is 0.540 e. The Bertz CT molecular complexity index is 1030. The van der Waals surface area contributed by atoms with Crippen molar-refractivity contribution in [3.63, 3.8) is 0 Å². The van der Waals surface area contributed by atoms with Gasteiger partial charge in [-0.25, -0.2) is 0 Å². The molecule has 2 aromatic carbocycles. The number of hydrazone groups is 1. The molecule has 2 aromatic rings. The van der Waals surface area contributed by atoms with Gasteiger partial charge < -0.3 is 24.7 Å². The van der Waals surface area contributed by atoms with E-state index in [2.05, 4.69) is 5.10 Å². The maximum atomic E-state index is 11.2. The summed E-state index contributed by atoms with van der Waals surface area (Å²) in [4.78, 5) is 37.6. The van der Waals surface area contributed by atoms with Crippen molar-refractivity contribution >= 4 is 40.3 Å². The third-order valence-electron chi connectivity index (χ3n) is 4.10. The summed E-state index contributed by atoms with van der Waals surface area (Å²) >= 11 is 5.36. The Labute approximate surface area is 197 Å². The number of rotatable bonds is 12. The van der Waals surface area contributed by atoms with Crippen LogP contribution in [0.15, 0.2) is 53.6 Å². The first kappa shape index (κ1) is 27.5. The van der Waals surface area contributed by atoms with Crippen LogP contribution in [0.5, 0.6) is 11.5 Å². The summed E-state index contributed by atoms with van der Waals surface area (Å²) in [6.45, 7) is 0.0544. The van der Waals surface area contributed by atoms with Crippen LogP contribution in [0.3, 0.4) is 0 Å². The highest BCUT2D eigenvalue weighted by Gasteiger charge is 2.25. The number of hydrogen-bond acceptors (Lipinski definition) is 7. The molecule has 33 heavy (non-hydrogen) atoms. The molecule has 2 rings (SSSR count). The van der Waals surface area contributed by atoms with Gasteiger partial charge in [-0.2, -0.15) is 0 Å². The molecule has 0 saturated carbocycles. The van der Waals surface area contributed by atoms with Gasteiger partial charge in [-0.3, -0.25) is 18.6 Å². The molecule has 0 spiro atoms. The van der Waals surface area contributed by atoms with Crippen LogP contribution in [0, 0.1) is 0 Å². The molecule has 11 nitrogen and oxygen atoms in total. The highest BCUT2D eigenvalue weighted by molar-refractivity contribution is 8.02. The zero-order chi connectivity index (χ0) is 24.6. The summed E-state index contributed by atoms with van der Waals surface area (Å²) in [6.07, 6.45) is 0.432. The molecular formula is C18H25N3O8P3S+. The smallest absolute Gasteiger partial charge is 0.508 e. The van der Waals surface area contributed by atoms with E-state index in [1.165, 1.54) is 4.78 Å². The third-order valence-corrected chi connectivity index (χ3v) is 7.51. The van der Waals surface area contributed by atoms with Crippen LogP contribution in [0.25, 0.3) is 0 Å². The third kappa shape index (κ3) is 11.3. The van der Waals surface area contributed by atoms with E-state index in [1.54, 1.807) is 61.8 Å². The van der Waals surface area contributed by atoms with Gasteiger partial charge in [0.2, 0.25) is 11.8 Å². The molecule has 15 heteroatoms. The standard InChI is InChI=1S/C18H24N3O8P3S/c1-20(19-12-16-2-6-17(22)7-3-16)30(33)29-18-8-4-15(5-9-18)10-11-21(13-31(23,24)25)14-32(26,27)28/h2-9,12H,10-11,13-14H2,1H3,(H4-,19,22,23,24,25,26,27,28)/p+1. The lowest BCUT2D eigenvalue weighted by Gasteiger charge is -2.22. The van der Waals surface area contributed by atoms with Gasteiger partial charge in [0.05, 0.1) is 13.3 Å². The minimum absolute atomic E-state index is 0.0544. The zero-order valence-electron chi connectivity index (χ0n) is 17.6. The molecule has 0 bridgehead atoms. The Morgan fingerprint density at radius 2 is 1.55 bits per heavy atom. The molecule has 5 N–H and O–H groups in total. The summed E-state index contributed by atoms with van der Waals surface area (Å²) in [5.41, 5.74) is 1.57. The second-order valence-corrected chi connectivity index (χ2v) is 12.5. The van der Waals surface area contributed by atoms with Gasteiger partial charge in [-0.15, -0.1) is 5.10 Å². The topological polar surface area (TPSA) is 163 Å². The van der Waals surface area contributed by atoms with Gasteiger partial charge in [0, 0.05) is 6.54 Å². The van der Waals surface area contributed by atoms with Crippen molar-refractivity contribution in [1.29, 1.82) is 0 Å². The predicted molar refractivity (Wildman–Crippen MR) is 129 cm³/mol. The van der Waals surface area contributed by atoms with Crippen molar-refractivity contribution in [2.75, 3.05) is 26.2 Å². The van der Waals surface area contributed by atoms with Crippen LogP contribution in [-0.4, -0.2) is 66.7 Å². The monoisotopic (exact) mass is 536 g/mol. The van der Waals surface area contributed by atoms with E-state index >= 15 is 0 Å². The van der Waals surface area contributed by atoms with Crippen LogP contribution in [-0.2, 0) is 27.4 Å². The Balaban J connectivity index is 1.91. The van der Waals surface area contributed by atoms with E-state index in [4.69, 9.17) is 35.9 Å². The first-order chi connectivity index (χ1) is 15.3. The first-order valence-electron chi connectivity index (χ1n) is 9.43. The maximum Gasteiger partial charge on any atom is 0.540 e. The number of benzene rings is 2. The molecule has 0 amide bonds. The number of aromatic hydroxyl groups is 1. The van der Waals surface area contributed by atoms with Gasteiger partial charge in [0.25, 0.3) is 0 Å². The van der Waals surface area contributed by atoms with Crippen molar-refractivity contribution in [2.24, 2.45) is 5.10 Å². The minimum atomic E-state index is -4.46. The minimum Gasteiger partial charge on any atom is -0.508 e. The van der Waals surface area contributed by atoms with Gasteiger partial charge >= 0.3 is 22.3 Å². The van der Waals surface area contributed by atoms with E-state index in [0.29, 0.717) is 12.2 Å². The van der Waals surface area contributed by atoms with Crippen molar-refractivity contribution in [3.8, 4) is 11.5 Å².